The Labute approximate surface area is 176 Å². The Morgan fingerprint density at radius 3 is 2.45 bits per heavy atom. The molecule has 0 spiro atoms. The summed E-state index contributed by atoms with van der Waals surface area (Å²) >= 11 is 0. The number of rotatable bonds is 7. The largest absolute Gasteiger partial charge is 0.573 e. The third kappa shape index (κ3) is 5.16. The zero-order valence-electron chi connectivity index (χ0n) is 16.6. The minimum absolute atomic E-state index is 0.285. The van der Waals surface area contributed by atoms with Gasteiger partial charge in [-0.05, 0) is 59.7 Å². The van der Waals surface area contributed by atoms with Crippen LogP contribution in [0.4, 0.5) is 13.2 Å². The predicted octanol–water partition coefficient (Wildman–Crippen LogP) is 5.69. The average molecular weight is 428 g/mol. The Kier molecular flexibility index (Phi) is 5.81. The molecule has 1 N–H and O–H groups in total. The van der Waals surface area contributed by atoms with E-state index in [2.05, 4.69) is 15.0 Å². The lowest BCUT2D eigenvalue weighted by molar-refractivity contribution is -0.274. The quantitative estimate of drug-likeness (QED) is 0.410. The first-order valence-corrected chi connectivity index (χ1v) is 9.47. The van der Waals surface area contributed by atoms with Crippen LogP contribution in [0, 0.1) is 0 Å². The molecular formula is C23H19F3N2O3. The minimum Gasteiger partial charge on any atom is -0.493 e. The standard InChI is InChI=1S/C23H19F3N2O3/c1-29-21-10-16(14-28-13-15-3-2-8-27-12-15)9-18-11-20(30-22(18)21)17-4-6-19(7-5-17)31-23(24,25)26/h2-12,28H,13-14H2,1H3. The van der Waals surface area contributed by atoms with E-state index in [1.807, 2.05) is 36.5 Å². The second kappa shape index (κ2) is 8.69. The maximum atomic E-state index is 12.3. The van der Waals surface area contributed by atoms with E-state index in [1.54, 1.807) is 13.3 Å². The lowest BCUT2D eigenvalue weighted by Crippen LogP contribution is -2.16. The molecular weight excluding hydrogens is 409 g/mol. The number of nitrogens with zero attached hydrogens (tertiary/aromatic N) is 1. The second-order valence-corrected chi connectivity index (χ2v) is 6.86. The molecule has 5 nitrogen and oxygen atoms in total. The highest BCUT2D eigenvalue weighted by molar-refractivity contribution is 5.88. The number of hydrogen-bond donors (Lipinski definition) is 1. The van der Waals surface area contributed by atoms with Crippen molar-refractivity contribution in [1.29, 1.82) is 0 Å². The van der Waals surface area contributed by atoms with Crippen LogP contribution in [-0.2, 0) is 13.1 Å². The number of benzene rings is 2. The van der Waals surface area contributed by atoms with Gasteiger partial charge in [-0.3, -0.25) is 4.98 Å². The average Bonchev–Trinajstić information content (AvgIpc) is 3.17. The van der Waals surface area contributed by atoms with Crippen LogP contribution in [0.2, 0.25) is 0 Å². The fourth-order valence-electron chi connectivity index (χ4n) is 3.25. The van der Waals surface area contributed by atoms with Crippen LogP contribution in [0.5, 0.6) is 11.5 Å². The summed E-state index contributed by atoms with van der Waals surface area (Å²) in [5.41, 5.74) is 3.29. The van der Waals surface area contributed by atoms with Crippen molar-refractivity contribution in [1.82, 2.24) is 10.3 Å². The van der Waals surface area contributed by atoms with Crippen LogP contribution in [0.15, 0.2) is 71.4 Å². The third-order valence-electron chi connectivity index (χ3n) is 4.62. The predicted molar refractivity (Wildman–Crippen MR) is 110 cm³/mol. The van der Waals surface area contributed by atoms with Crippen molar-refractivity contribution in [2.24, 2.45) is 0 Å². The van der Waals surface area contributed by atoms with Crippen LogP contribution >= 0.6 is 0 Å². The molecule has 0 aliphatic rings. The van der Waals surface area contributed by atoms with Gasteiger partial charge in [-0.2, -0.15) is 0 Å². The number of furan rings is 1. The molecule has 2 heterocycles. The van der Waals surface area contributed by atoms with E-state index >= 15 is 0 Å². The Morgan fingerprint density at radius 1 is 1.00 bits per heavy atom. The summed E-state index contributed by atoms with van der Waals surface area (Å²) in [7, 11) is 1.56. The van der Waals surface area contributed by atoms with E-state index < -0.39 is 6.36 Å². The first-order valence-electron chi connectivity index (χ1n) is 9.47. The molecule has 0 atom stereocenters. The van der Waals surface area contributed by atoms with E-state index in [4.69, 9.17) is 9.15 Å². The monoisotopic (exact) mass is 428 g/mol. The van der Waals surface area contributed by atoms with Gasteiger partial charge >= 0.3 is 6.36 Å². The minimum atomic E-state index is -4.73. The van der Waals surface area contributed by atoms with Crippen LogP contribution in [0.3, 0.4) is 0 Å². The molecule has 2 aromatic carbocycles. The molecule has 2 aromatic heterocycles. The molecule has 0 fully saturated rings. The summed E-state index contributed by atoms with van der Waals surface area (Å²) in [6.45, 7) is 1.29. The summed E-state index contributed by atoms with van der Waals surface area (Å²) in [6, 6.07) is 15.1. The summed E-state index contributed by atoms with van der Waals surface area (Å²) in [5.74, 6) is 0.818. The van der Waals surface area contributed by atoms with Crippen LogP contribution in [-0.4, -0.2) is 18.5 Å². The maximum Gasteiger partial charge on any atom is 0.573 e. The number of ether oxygens (including phenoxy) is 2. The lowest BCUT2D eigenvalue weighted by Gasteiger charge is -2.08. The maximum absolute atomic E-state index is 12.3. The van der Waals surface area contributed by atoms with Crippen LogP contribution < -0.4 is 14.8 Å². The van der Waals surface area contributed by atoms with E-state index in [-0.39, 0.29) is 5.75 Å². The third-order valence-corrected chi connectivity index (χ3v) is 4.62. The van der Waals surface area contributed by atoms with E-state index in [0.717, 1.165) is 16.5 Å². The number of hydrogen-bond acceptors (Lipinski definition) is 5. The fraction of sp³-hybridized carbons (Fsp3) is 0.174. The van der Waals surface area contributed by atoms with Gasteiger partial charge in [0.2, 0.25) is 0 Å². The Balaban J connectivity index is 1.54. The van der Waals surface area contributed by atoms with Crippen molar-refractivity contribution in [3.8, 4) is 22.8 Å². The second-order valence-electron chi connectivity index (χ2n) is 6.86. The molecule has 31 heavy (non-hydrogen) atoms. The van der Waals surface area contributed by atoms with E-state index in [1.165, 1.54) is 24.3 Å². The van der Waals surface area contributed by atoms with E-state index in [0.29, 0.717) is 35.7 Å². The van der Waals surface area contributed by atoms with Gasteiger partial charge in [0.15, 0.2) is 11.3 Å². The molecule has 0 radical (unpaired) electrons. The molecule has 0 saturated carbocycles. The van der Waals surface area contributed by atoms with Crippen molar-refractivity contribution in [2.45, 2.75) is 19.5 Å². The molecule has 4 rings (SSSR count). The van der Waals surface area contributed by atoms with Crippen LogP contribution in [0.25, 0.3) is 22.3 Å². The SMILES string of the molecule is COc1cc(CNCc2cccnc2)cc2cc(-c3ccc(OC(F)(F)F)cc3)oc12. The van der Waals surface area contributed by atoms with Gasteiger partial charge in [0.1, 0.15) is 11.5 Å². The zero-order chi connectivity index (χ0) is 21.8. The highest BCUT2D eigenvalue weighted by Gasteiger charge is 2.31. The van der Waals surface area contributed by atoms with Crippen LogP contribution in [0.1, 0.15) is 11.1 Å². The topological polar surface area (TPSA) is 56.5 Å². The molecule has 0 aliphatic carbocycles. The van der Waals surface area contributed by atoms with Crippen molar-refractivity contribution in [3.05, 3.63) is 78.1 Å². The number of methoxy groups -OCH3 is 1. The smallest absolute Gasteiger partial charge is 0.493 e. The molecule has 4 aromatic rings. The number of nitrogens with one attached hydrogen (secondary N) is 1. The summed E-state index contributed by atoms with van der Waals surface area (Å²) < 4.78 is 52.4. The van der Waals surface area contributed by atoms with Gasteiger partial charge in [0, 0.05) is 36.4 Å². The Bertz CT molecular complexity index is 1160. The fourth-order valence-corrected chi connectivity index (χ4v) is 3.25. The van der Waals surface area contributed by atoms with Gasteiger partial charge in [-0.15, -0.1) is 13.2 Å². The highest BCUT2D eigenvalue weighted by atomic mass is 19.4. The number of fused-ring (bicyclic) bond motifs is 1. The van der Waals surface area contributed by atoms with Crippen molar-refractivity contribution in [2.75, 3.05) is 7.11 Å². The molecule has 0 amide bonds. The van der Waals surface area contributed by atoms with Crippen molar-refractivity contribution in [3.63, 3.8) is 0 Å². The number of aromatic nitrogens is 1. The first kappa shape index (κ1) is 20.7. The van der Waals surface area contributed by atoms with Gasteiger partial charge in [0.25, 0.3) is 0 Å². The first-order chi connectivity index (χ1) is 14.9. The van der Waals surface area contributed by atoms with Crippen molar-refractivity contribution >= 4 is 11.0 Å². The molecule has 0 aliphatic heterocycles. The van der Waals surface area contributed by atoms with Gasteiger partial charge in [-0.25, -0.2) is 0 Å². The normalized spacial score (nSPS) is 11.6. The van der Waals surface area contributed by atoms with Gasteiger partial charge in [0.05, 0.1) is 7.11 Å². The molecule has 0 saturated heterocycles. The summed E-state index contributed by atoms with van der Waals surface area (Å²) in [5, 5.41) is 4.20. The zero-order valence-corrected chi connectivity index (χ0v) is 16.6. The number of halogens is 3. The molecule has 8 heteroatoms. The Hall–Kier alpha value is -3.52. The highest BCUT2D eigenvalue weighted by Crippen LogP contribution is 2.35. The van der Waals surface area contributed by atoms with E-state index in [9.17, 15) is 13.2 Å². The summed E-state index contributed by atoms with van der Waals surface area (Å²) in [4.78, 5) is 4.10. The van der Waals surface area contributed by atoms with Gasteiger partial charge in [-0.1, -0.05) is 6.07 Å². The number of alkyl halides is 3. The summed E-state index contributed by atoms with van der Waals surface area (Å²) in [6.07, 6.45) is -1.18. The lowest BCUT2D eigenvalue weighted by atomic mass is 10.1. The van der Waals surface area contributed by atoms with Gasteiger partial charge < -0.3 is 19.2 Å². The number of pyridine rings is 1. The molecule has 0 unspecified atom stereocenters. The molecule has 0 bridgehead atoms. The molecule has 160 valence electrons. The van der Waals surface area contributed by atoms with Crippen molar-refractivity contribution < 1.29 is 27.1 Å². The Morgan fingerprint density at radius 2 is 1.77 bits per heavy atom.